The number of sulfonamides is 1. The molecule has 0 unspecified atom stereocenters. The zero-order chi connectivity index (χ0) is 26.1. The van der Waals surface area contributed by atoms with Crippen molar-refractivity contribution in [2.24, 2.45) is 0 Å². The summed E-state index contributed by atoms with van der Waals surface area (Å²) in [6, 6.07) is 13.5. The van der Waals surface area contributed by atoms with Crippen molar-refractivity contribution >= 4 is 33.5 Å². The van der Waals surface area contributed by atoms with Crippen LogP contribution in [0.2, 0.25) is 0 Å². The van der Waals surface area contributed by atoms with Gasteiger partial charge in [0.15, 0.2) is 0 Å². The molecular formula is C27H32N2O6S. The zero-order valence-electron chi connectivity index (χ0n) is 20.8. The van der Waals surface area contributed by atoms with Gasteiger partial charge in [-0.25, -0.2) is 18.0 Å². The van der Waals surface area contributed by atoms with Gasteiger partial charge in [-0.15, -0.1) is 0 Å². The fraction of sp³-hybridized carbons (Fsp3) is 0.333. The Kier molecular flexibility index (Phi) is 9.30. The van der Waals surface area contributed by atoms with Gasteiger partial charge in [-0.05, 0) is 56.5 Å². The Hall–Kier alpha value is -3.59. The van der Waals surface area contributed by atoms with Crippen molar-refractivity contribution in [1.29, 1.82) is 0 Å². The number of nitrogens with zero attached hydrogens (tertiary/aromatic N) is 1. The number of esters is 1. The molecule has 1 heterocycles. The molecule has 0 aliphatic carbocycles. The molecule has 0 saturated carbocycles. The smallest absolute Gasteiger partial charge is 0.411 e. The number of carbonyl (C=O) groups is 2. The number of aryl methyl sites for hydroxylation is 1. The summed E-state index contributed by atoms with van der Waals surface area (Å²) < 4.78 is 38.9. The minimum atomic E-state index is -3.92. The van der Waals surface area contributed by atoms with Crippen LogP contribution < -0.4 is 5.32 Å². The van der Waals surface area contributed by atoms with Crippen molar-refractivity contribution in [1.82, 2.24) is 4.31 Å². The van der Waals surface area contributed by atoms with Crippen LogP contribution >= 0.6 is 0 Å². The number of anilines is 1. The van der Waals surface area contributed by atoms with Crippen LogP contribution in [0.25, 0.3) is 5.70 Å². The van der Waals surface area contributed by atoms with Crippen LogP contribution in [0, 0.1) is 6.92 Å². The van der Waals surface area contributed by atoms with Gasteiger partial charge in [-0.2, -0.15) is 0 Å². The van der Waals surface area contributed by atoms with Gasteiger partial charge in [0.25, 0.3) is 10.0 Å². The van der Waals surface area contributed by atoms with Gasteiger partial charge < -0.3 is 9.47 Å². The van der Waals surface area contributed by atoms with Crippen molar-refractivity contribution in [3.05, 3.63) is 77.4 Å². The molecule has 0 atom stereocenters. The first kappa shape index (κ1) is 27.0. The molecular weight excluding hydrogens is 480 g/mol. The van der Waals surface area contributed by atoms with Gasteiger partial charge in [-0.3, -0.25) is 9.62 Å². The molecule has 1 aliphatic rings. The van der Waals surface area contributed by atoms with E-state index in [9.17, 15) is 18.0 Å². The van der Waals surface area contributed by atoms with Crippen LogP contribution in [-0.2, 0) is 24.3 Å². The molecule has 0 bridgehead atoms. The molecule has 0 spiro atoms. The van der Waals surface area contributed by atoms with E-state index in [0.29, 0.717) is 35.5 Å². The van der Waals surface area contributed by atoms with Crippen LogP contribution in [0.5, 0.6) is 0 Å². The zero-order valence-corrected chi connectivity index (χ0v) is 21.6. The third-order valence-electron chi connectivity index (χ3n) is 5.60. The number of allylic oxidation sites excluding steroid dienone is 1. The van der Waals surface area contributed by atoms with Crippen molar-refractivity contribution in [3.63, 3.8) is 0 Å². The van der Waals surface area contributed by atoms with E-state index in [1.165, 1.54) is 10.4 Å². The molecule has 0 fully saturated rings. The van der Waals surface area contributed by atoms with E-state index in [1.807, 2.05) is 13.8 Å². The Morgan fingerprint density at radius 3 is 2.47 bits per heavy atom. The highest BCUT2D eigenvalue weighted by atomic mass is 32.2. The van der Waals surface area contributed by atoms with Crippen molar-refractivity contribution in [2.75, 3.05) is 25.1 Å². The summed E-state index contributed by atoms with van der Waals surface area (Å²) in [6.45, 7) is 6.29. The third-order valence-corrected chi connectivity index (χ3v) is 7.42. The van der Waals surface area contributed by atoms with Crippen LogP contribution in [0.1, 0.15) is 44.2 Å². The lowest BCUT2D eigenvalue weighted by Crippen LogP contribution is -2.28. The molecule has 0 radical (unpaired) electrons. The number of amides is 1. The predicted octanol–water partition coefficient (Wildman–Crippen LogP) is 5.27. The highest BCUT2D eigenvalue weighted by Crippen LogP contribution is 2.39. The quantitative estimate of drug-likeness (QED) is 0.264. The van der Waals surface area contributed by atoms with Gasteiger partial charge in [-0.1, -0.05) is 49.2 Å². The molecule has 0 aromatic heterocycles. The largest absolute Gasteiger partial charge is 0.463 e. The summed E-state index contributed by atoms with van der Waals surface area (Å²) in [5.41, 5.74) is 2.86. The lowest BCUT2D eigenvalue weighted by Gasteiger charge is -2.24. The Morgan fingerprint density at radius 1 is 1.06 bits per heavy atom. The van der Waals surface area contributed by atoms with Crippen molar-refractivity contribution < 1.29 is 27.5 Å². The van der Waals surface area contributed by atoms with Crippen molar-refractivity contribution in [3.8, 4) is 0 Å². The summed E-state index contributed by atoms with van der Waals surface area (Å²) in [5, 5.41) is 2.69. The van der Waals surface area contributed by atoms with Gasteiger partial charge in [0, 0.05) is 18.2 Å². The fourth-order valence-corrected chi connectivity index (χ4v) is 5.29. The van der Waals surface area contributed by atoms with E-state index in [-0.39, 0.29) is 18.0 Å². The Bertz CT molecular complexity index is 1250. The molecule has 9 heteroatoms. The molecule has 0 saturated heterocycles. The van der Waals surface area contributed by atoms with Gasteiger partial charge >= 0.3 is 12.1 Å². The molecule has 1 amide bonds. The lowest BCUT2D eigenvalue weighted by molar-refractivity contribution is -0.137. The molecule has 192 valence electrons. The standard InChI is InChI=1S/C27H32N2O6S/c1-4-6-19-35-25(30)16-13-21-17-18-29(36(32,33)22-14-11-20(3)12-15-22)26(21)23-9-7-8-10-24(23)28-27(31)34-5-2/h7-16H,4-6,17-19H2,1-3H3,(H,28,31)/b16-13+. The fourth-order valence-electron chi connectivity index (χ4n) is 3.77. The number of benzene rings is 2. The number of nitrogens with one attached hydrogen (secondary N) is 1. The number of unbranched alkanes of at least 4 members (excludes halogenated alkanes) is 1. The van der Waals surface area contributed by atoms with Gasteiger partial charge in [0.1, 0.15) is 0 Å². The highest BCUT2D eigenvalue weighted by Gasteiger charge is 2.34. The Morgan fingerprint density at radius 2 is 1.78 bits per heavy atom. The molecule has 8 nitrogen and oxygen atoms in total. The topological polar surface area (TPSA) is 102 Å². The first-order chi connectivity index (χ1) is 17.3. The van der Waals surface area contributed by atoms with Crippen LogP contribution in [0.3, 0.4) is 0 Å². The second kappa shape index (κ2) is 12.4. The summed E-state index contributed by atoms with van der Waals surface area (Å²) in [4.78, 5) is 24.5. The minimum Gasteiger partial charge on any atom is -0.463 e. The van der Waals surface area contributed by atoms with Crippen LogP contribution in [0.4, 0.5) is 10.5 Å². The lowest BCUT2D eigenvalue weighted by atomic mass is 10.0. The van der Waals surface area contributed by atoms with E-state index in [1.54, 1.807) is 61.5 Å². The van der Waals surface area contributed by atoms with Gasteiger partial charge in [0.2, 0.25) is 0 Å². The number of hydrogen-bond donors (Lipinski definition) is 1. The SMILES string of the molecule is CCCCOC(=O)/C=C/C1=C(c2ccccc2NC(=O)OCC)N(S(=O)(=O)c2ccc(C)cc2)CC1. The molecule has 1 aliphatic heterocycles. The monoisotopic (exact) mass is 512 g/mol. The summed E-state index contributed by atoms with van der Waals surface area (Å²) in [5.74, 6) is -0.493. The van der Waals surface area contributed by atoms with Crippen LogP contribution in [0.15, 0.2) is 71.2 Å². The molecule has 1 N–H and O–H groups in total. The average molecular weight is 513 g/mol. The maximum atomic E-state index is 13.7. The third kappa shape index (κ3) is 6.54. The summed E-state index contributed by atoms with van der Waals surface area (Å²) in [6.07, 6.45) is 4.32. The Balaban J connectivity index is 2.07. The van der Waals surface area contributed by atoms with Crippen LogP contribution in [-0.4, -0.2) is 44.5 Å². The second-order valence-corrected chi connectivity index (χ2v) is 10.1. The number of rotatable bonds is 10. The first-order valence-corrected chi connectivity index (χ1v) is 13.4. The van der Waals surface area contributed by atoms with Gasteiger partial charge in [0.05, 0.1) is 29.5 Å². The minimum absolute atomic E-state index is 0.158. The number of carbonyl (C=O) groups excluding carboxylic acids is 2. The van der Waals surface area contributed by atoms with Crippen molar-refractivity contribution in [2.45, 2.75) is 44.9 Å². The normalized spacial score (nSPS) is 13.8. The maximum Gasteiger partial charge on any atom is 0.411 e. The maximum absolute atomic E-state index is 13.7. The molecule has 36 heavy (non-hydrogen) atoms. The second-order valence-electron chi connectivity index (χ2n) is 8.26. The van der Waals surface area contributed by atoms with E-state index >= 15 is 0 Å². The van der Waals surface area contributed by atoms with E-state index in [4.69, 9.17) is 9.47 Å². The average Bonchev–Trinajstić information content (AvgIpc) is 3.28. The molecule has 3 rings (SSSR count). The number of ether oxygens (including phenoxy) is 2. The summed E-state index contributed by atoms with van der Waals surface area (Å²) in [7, 11) is -3.92. The van der Waals surface area contributed by atoms with E-state index in [2.05, 4.69) is 5.32 Å². The summed E-state index contributed by atoms with van der Waals surface area (Å²) >= 11 is 0. The van der Waals surface area contributed by atoms with E-state index in [0.717, 1.165) is 18.4 Å². The Labute approximate surface area is 212 Å². The molecule has 2 aromatic rings. The van der Waals surface area contributed by atoms with E-state index < -0.39 is 22.1 Å². The first-order valence-electron chi connectivity index (χ1n) is 12.0. The molecule has 2 aromatic carbocycles. The highest BCUT2D eigenvalue weighted by molar-refractivity contribution is 7.89. The number of hydrogen-bond acceptors (Lipinski definition) is 6. The predicted molar refractivity (Wildman–Crippen MR) is 139 cm³/mol. The number of para-hydroxylation sites is 1.